The molecule has 5 aromatic rings. The molecule has 0 radical (unpaired) electrons. The number of benzene rings is 1. The predicted octanol–water partition coefficient (Wildman–Crippen LogP) is 20.2. The number of halogens is 1. The molecule has 0 aliphatic carbocycles. The van der Waals surface area contributed by atoms with Gasteiger partial charge in [0.25, 0.3) is 6.47 Å². The van der Waals surface area contributed by atoms with Crippen LogP contribution in [0, 0.1) is 17.7 Å². The third-order valence-corrected chi connectivity index (χ3v) is 16.3. The van der Waals surface area contributed by atoms with Crippen LogP contribution in [0.5, 0.6) is 11.5 Å². The molecule has 0 aliphatic rings. The lowest BCUT2D eigenvalue weighted by Crippen LogP contribution is -2.12. The molecule has 5 rings (SSSR count). The quantitative estimate of drug-likeness (QED) is 0.0543. The van der Waals surface area contributed by atoms with E-state index in [-0.39, 0.29) is 16.6 Å². The van der Waals surface area contributed by atoms with Crippen molar-refractivity contribution in [1.29, 1.82) is 0 Å². The Labute approximate surface area is 401 Å². The maximum Gasteiger partial charge on any atom is 0.293 e. The van der Waals surface area contributed by atoms with E-state index in [2.05, 4.69) is 100.0 Å². The molecule has 0 N–H and O–H groups in total. The lowest BCUT2D eigenvalue weighted by molar-refractivity contribution is -0.128. The molecular formula is C54H89FO4S4. The van der Waals surface area contributed by atoms with E-state index in [9.17, 15) is 4.79 Å². The van der Waals surface area contributed by atoms with Gasteiger partial charge in [-0.1, -0.05) is 182 Å². The molecule has 1 aromatic carbocycles. The Bertz CT molecular complexity index is 1890. The van der Waals surface area contributed by atoms with Crippen LogP contribution in [0.2, 0.25) is 0 Å². The lowest BCUT2D eigenvalue weighted by atomic mass is 9.93. The Morgan fingerprint density at radius 3 is 1.54 bits per heavy atom. The third-order valence-electron chi connectivity index (χ3n) is 10.8. The first-order valence-corrected chi connectivity index (χ1v) is 28.0. The molecule has 0 amide bonds. The van der Waals surface area contributed by atoms with Gasteiger partial charge in [-0.2, -0.15) is 0 Å². The third kappa shape index (κ3) is 17.5. The number of hydrogen-bond donors (Lipinski definition) is 0. The van der Waals surface area contributed by atoms with Crippen molar-refractivity contribution >= 4 is 82.1 Å². The first-order valence-electron chi connectivity index (χ1n) is 24.7. The minimum Gasteiger partial charge on any atom is -0.491 e. The molecule has 9 heteroatoms. The lowest BCUT2D eigenvalue weighted by Gasteiger charge is -2.19. The summed E-state index contributed by atoms with van der Waals surface area (Å²) in [6, 6.07) is 4.70. The largest absolute Gasteiger partial charge is 0.491 e. The van der Waals surface area contributed by atoms with Crippen molar-refractivity contribution in [3.63, 3.8) is 0 Å². The smallest absolute Gasteiger partial charge is 0.293 e. The predicted molar refractivity (Wildman–Crippen MR) is 286 cm³/mol. The molecular weight excluding hydrogens is 860 g/mol. The summed E-state index contributed by atoms with van der Waals surface area (Å²) in [5, 5.41) is 4.79. The van der Waals surface area contributed by atoms with Crippen LogP contribution < -0.4 is 9.47 Å². The number of fused-ring (bicyclic) bond motifs is 3. The molecule has 2 atom stereocenters. The van der Waals surface area contributed by atoms with E-state index < -0.39 is 0 Å². The topological polar surface area (TPSA) is 44.8 Å². The number of thiophene rings is 4. The molecule has 0 saturated heterocycles. The molecule has 0 aliphatic heterocycles. The normalized spacial score (nSPS) is 12.3. The zero-order valence-electron chi connectivity index (χ0n) is 42.9. The van der Waals surface area contributed by atoms with E-state index in [1.165, 1.54) is 100 Å². The first kappa shape index (κ1) is 58.8. The highest BCUT2D eigenvalue weighted by Gasteiger charge is 2.30. The number of carbonyl (C=O) groups excluding carboxylic acids is 1. The van der Waals surface area contributed by atoms with Gasteiger partial charge < -0.3 is 14.2 Å². The van der Waals surface area contributed by atoms with Crippen LogP contribution in [0.25, 0.3) is 40.0 Å². The van der Waals surface area contributed by atoms with Gasteiger partial charge in [-0.05, 0) is 54.1 Å². The monoisotopic (exact) mass is 949 g/mol. The van der Waals surface area contributed by atoms with Crippen molar-refractivity contribution in [3.05, 3.63) is 33.1 Å². The highest BCUT2D eigenvalue weighted by molar-refractivity contribution is 7.30. The summed E-state index contributed by atoms with van der Waals surface area (Å²) in [4.78, 5) is 14.1. The van der Waals surface area contributed by atoms with Crippen LogP contribution in [0.1, 0.15) is 211 Å². The first-order chi connectivity index (χ1) is 30.1. The Morgan fingerprint density at radius 2 is 1.13 bits per heavy atom. The molecule has 4 nitrogen and oxygen atoms in total. The zero-order valence-corrected chi connectivity index (χ0v) is 46.2. The summed E-state index contributed by atoms with van der Waals surface area (Å²) >= 11 is 6.95. The average molecular weight is 950 g/mol. The van der Waals surface area contributed by atoms with E-state index in [0.29, 0.717) is 24.9 Å². The number of unbranched alkanes of at least 4 members (excludes halogenated alkanes) is 5. The zero-order chi connectivity index (χ0) is 47.8. The van der Waals surface area contributed by atoms with Gasteiger partial charge in [0.15, 0.2) is 0 Å². The summed E-state index contributed by atoms with van der Waals surface area (Å²) in [5.41, 5.74) is -0.123. The SMILES string of the molecule is CC.CC.CCCCC(CC)COc1c2cc(C(C)(C)C)sc2c(OCC(CC)CCCC)c2cc(-c3sc(C(C)(C)C)c4c(F)csc34)sc12.CCCCCC.CCCOC=O. The Hall–Kier alpha value is -2.20. The van der Waals surface area contributed by atoms with Gasteiger partial charge in [-0.3, -0.25) is 4.79 Å². The standard InChI is InChI=1S/C40H55FO2S4.C6H14.C4H8O2.2C2H6/c1-11-15-17-24(13-3)21-42-32-26-19-29(36-37-31(28(41)23-44-37)38(47-36)40(8,9)10)45-34(26)33(43-22-25(14-4)18-16-12-2)27-20-30(39(5,6)7)46-35(27)32;1-3-5-6-4-2;1-2-3-6-4-5;2*1-2/h19-20,23-25H,11-18,21-22H2,1-10H3;3-6H2,1-2H3;4H,2-3H2,1H3;2*1-2H3. The van der Waals surface area contributed by atoms with Crippen LogP contribution in [0.15, 0.2) is 17.5 Å². The fourth-order valence-electron chi connectivity index (χ4n) is 6.94. The molecule has 0 bridgehead atoms. The maximum absolute atomic E-state index is 15.3. The van der Waals surface area contributed by atoms with Crippen LogP contribution >= 0.6 is 45.3 Å². The fraction of sp³-hybridized carbons (Fsp3) is 0.685. The summed E-state index contributed by atoms with van der Waals surface area (Å²) in [6.45, 7) is 39.4. The van der Waals surface area contributed by atoms with E-state index in [4.69, 9.17) is 9.47 Å². The number of hydrogen-bond acceptors (Lipinski definition) is 8. The van der Waals surface area contributed by atoms with Crippen molar-refractivity contribution in [2.45, 2.75) is 212 Å². The second-order valence-corrected chi connectivity index (χ2v) is 22.0. The summed E-state index contributed by atoms with van der Waals surface area (Å²) in [7, 11) is 0. The van der Waals surface area contributed by atoms with Gasteiger partial charge in [0, 0.05) is 36.2 Å². The highest BCUT2D eigenvalue weighted by Crippen LogP contribution is 2.55. The Kier molecular flexibility index (Phi) is 28.8. The fourth-order valence-corrected chi connectivity index (χ4v) is 12.0. The Morgan fingerprint density at radius 1 is 0.635 bits per heavy atom. The summed E-state index contributed by atoms with van der Waals surface area (Å²) < 4.78 is 36.9. The van der Waals surface area contributed by atoms with E-state index in [1.54, 1.807) is 28.1 Å². The van der Waals surface area contributed by atoms with Gasteiger partial charge >= 0.3 is 0 Å². The van der Waals surface area contributed by atoms with Crippen molar-refractivity contribution < 1.29 is 23.4 Å². The summed E-state index contributed by atoms with van der Waals surface area (Å²) in [5.74, 6) is 2.96. The summed E-state index contributed by atoms with van der Waals surface area (Å²) in [6.07, 6.45) is 15.9. The van der Waals surface area contributed by atoms with Gasteiger partial charge in [0.2, 0.25) is 0 Å². The van der Waals surface area contributed by atoms with Gasteiger partial charge in [-0.25, -0.2) is 4.39 Å². The molecule has 0 saturated carbocycles. The van der Waals surface area contributed by atoms with E-state index >= 15 is 4.39 Å². The molecule has 0 fully saturated rings. The van der Waals surface area contributed by atoms with E-state index in [1.807, 2.05) is 46.0 Å². The molecule has 360 valence electrons. The van der Waals surface area contributed by atoms with Gasteiger partial charge in [0.1, 0.15) is 17.3 Å². The highest BCUT2D eigenvalue weighted by atomic mass is 32.1. The minimum atomic E-state index is -0.143. The van der Waals surface area contributed by atoms with Crippen molar-refractivity contribution in [2.24, 2.45) is 11.8 Å². The van der Waals surface area contributed by atoms with Crippen LogP contribution in [0.3, 0.4) is 0 Å². The molecule has 4 heterocycles. The number of ether oxygens (including phenoxy) is 3. The van der Waals surface area contributed by atoms with Crippen molar-refractivity contribution in [2.75, 3.05) is 19.8 Å². The second-order valence-electron chi connectivity index (χ2n) is 18.0. The Balaban J connectivity index is 0.00000107. The number of rotatable bonds is 21. The molecule has 63 heavy (non-hydrogen) atoms. The molecule has 4 aromatic heterocycles. The van der Waals surface area contributed by atoms with Gasteiger partial charge in [-0.15, -0.1) is 45.3 Å². The average Bonchev–Trinajstić information content (AvgIpc) is 4.08. The van der Waals surface area contributed by atoms with Gasteiger partial charge in [0.05, 0.1) is 38.8 Å². The van der Waals surface area contributed by atoms with Crippen LogP contribution in [-0.2, 0) is 20.4 Å². The van der Waals surface area contributed by atoms with Crippen molar-refractivity contribution in [1.82, 2.24) is 0 Å². The van der Waals surface area contributed by atoms with Crippen LogP contribution in [0.4, 0.5) is 4.39 Å². The molecule has 0 spiro atoms. The van der Waals surface area contributed by atoms with Crippen LogP contribution in [-0.4, -0.2) is 26.3 Å². The maximum atomic E-state index is 15.3. The second kappa shape index (κ2) is 30.9. The van der Waals surface area contributed by atoms with E-state index in [0.717, 1.165) is 69.0 Å². The van der Waals surface area contributed by atoms with Crippen molar-refractivity contribution in [3.8, 4) is 21.3 Å². The minimum absolute atomic E-state index is 0.0200. The molecule has 2 unspecified atom stereocenters. The number of carbonyl (C=O) groups is 1.